The van der Waals surface area contributed by atoms with E-state index in [1.54, 1.807) is 0 Å². The summed E-state index contributed by atoms with van der Waals surface area (Å²) in [6.07, 6.45) is 10.7. The van der Waals surface area contributed by atoms with Crippen molar-refractivity contribution >= 4 is 0 Å². The summed E-state index contributed by atoms with van der Waals surface area (Å²) in [6, 6.07) is 8.41. The topological polar surface area (TPSA) is 30.5 Å². The maximum Gasteiger partial charge on any atom is 0.119 e. The van der Waals surface area contributed by atoms with Gasteiger partial charge in [-0.25, -0.2) is 0 Å². The van der Waals surface area contributed by atoms with Crippen molar-refractivity contribution in [2.75, 3.05) is 19.8 Å². The summed E-state index contributed by atoms with van der Waals surface area (Å²) in [7, 11) is 0. The maximum atomic E-state index is 5.86. The molecule has 0 aromatic heterocycles. The molecule has 1 saturated heterocycles. The normalized spacial score (nSPS) is 17.5. The second-order valence-corrected chi connectivity index (χ2v) is 6.54. The Morgan fingerprint density at radius 1 is 1.17 bits per heavy atom. The van der Waals surface area contributed by atoms with E-state index in [1.165, 1.54) is 44.1 Å². The van der Waals surface area contributed by atoms with Crippen LogP contribution in [0, 0.1) is 0 Å². The van der Waals surface area contributed by atoms with Gasteiger partial charge in [0.1, 0.15) is 12.4 Å². The number of unbranched alkanes of at least 4 members (excludes halogenated alkanes) is 5. The molecule has 1 unspecified atom stereocenters. The molecule has 0 radical (unpaired) electrons. The third-order valence-electron chi connectivity index (χ3n) is 4.39. The van der Waals surface area contributed by atoms with Crippen molar-refractivity contribution in [1.29, 1.82) is 0 Å². The van der Waals surface area contributed by atoms with Gasteiger partial charge in [-0.15, -0.1) is 0 Å². The third-order valence-corrected chi connectivity index (χ3v) is 4.39. The van der Waals surface area contributed by atoms with Crippen molar-refractivity contribution in [3.63, 3.8) is 0 Å². The molecular formula is C20H33NO2. The minimum atomic E-state index is 0.282. The number of hydrogen-bond donors (Lipinski definition) is 1. The van der Waals surface area contributed by atoms with Crippen LogP contribution in [-0.2, 0) is 11.3 Å². The van der Waals surface area contributed by atoms with E-state index in [1.807, 2.05) is 6.07 Å². The molecule has 1 heterocycles. The average Bonchev–Trinajstić information content (AvgIpc) is 3.09. The number of hydrogen-bond acceptors (Lipinski definition) is 3. The fourth-order valence-electron chi connectivity index (χ4n) is 2.97. The number of ether oxygens (including phenoxy) is 2. The summed E-state index contributed by atoms with van der Waals surface area (Å²) >= 11 is 0. The second-order valence-electron chi connectivity index (χ2n) is 6.54. The van der Waals surface area contributed by atoms with Crippen molar-refractivity contribution < 1.29 is 9.47 Å². The van der Waals surface area contributed by atoms with Gasteiger partial charge in [0, 0.05) is 13.2 Å². The first-order valence-corrected chi connectivity index (χ1v) is 9.42. The van der Waals surface area contributed by atoms with Crippen molar-refractivity contribution in [2.45, 2.75) is 70.9 Å². The molecule has 2 rings (SSSR count). The first-order chi connectivity index (χ1) is 11.4. The Balaban J connectivity index is 1.57. The standard InChI is InChI=1S/C20H33NO2/c1-2-3-4-5-6-7-13-21-16-18-10-8-11-19(15-18)23-17-20-12-9-14-22-20/h8,10-11,15,20-21H,2-7,9,12-14,16-17H2,1H3. The first-order valence-electron chi connectivity index (χ1n) is 9.42. The molecule has 0 bridgehead atoms. The first kappa shape index (κ1) is 18.3. The monoisotopic (exact) mass is 319 g/mol. The van der Waals surface area contributed by atoms with Crippen molar-refractivity contribution in [3.8, 4) is 5.75 Å². The molecule has 3 heteroatoms. The van der Waals surface area contributed by atoms with Gasteiger partial charge in [-0.1, -0.05) is 51.2 Å². The van der Waals surface area contributed by atoms with E-state index >= 15 is 0 Å². The molecule has 1 aromatic carbocycles. The Kier molecular flexibility index (Phi) is 9.12. The maximum absolute atomic E-state index is 5.86. The van der Waals surface area contributed by atoms with Crippen LogP contribution in [0.2, 0.25) is 0 Å². The van der Waals surface area contributed by atoms with E-state index in [-0.39, 0.29) is 6.10 Å². The highest BCUT2D eigenvalue weighted by Gasteiger charge is 2.15. The highest BCUT2D eigenvalue weighted by atomic mass is 16.5. The lowest BCUT2D eigenvalue weighted by molar-refractivity contribution is 0.0679. The lowest BCUT2D eigenvalue weighted by Gasteiger charge is -2.12. The molecule has 0 spiro atoms. The van der Waals surface area contributed by atoms with Gasteiger partial charge in [0.15, 0.2) is 0 Å². The van der Waals surface area contributed by atoms with Crippen molar-refractivity contribution in [3.05, 3.63) is 29.8 Å². The lowest BCUT2D eigenvalue weighted by Crippen LogP contribution is -2.17. The Morgan fingerprint density at radius 2 is 2.04 bits per heavy atom. The molecule has 0 amide bonds. The quantitative estimate of drug-likeness (QED) is 0.567. The summed E-state index contributed by atoms with van der Waals surface area (Å²) in [4.78, 5) is 0. The van der Waals surface area contributed by atoms with Gasteiger partial charge in [-0.3, -0.25) is 0 Å². The molecule has 1 atom stereocenters. The molecule has 1 fully saturated rings. The van der Waals surface area contributed by atoms with Crippen molar-refractivity contribution in [1.82, 2.24) is 5.32 Å². The van der Waals surface area contributed by atoms with E-state index < -0.39 is 0 Å². The molecule has 1 aliphatic heterocycles. The number of rotatable bonds is 12. The largest absolute Gasteiger partial charge is 0.491 e. The Hall–Kier alpha value is -1.06. The molecule has 0 aliphatic carbocycles. The van der Waals surface area contributed by atoms with Crippen molar-refractivity contribution in [2.24, 2.45) is 0 Å². The smallest absolute Gasteiger partial charge is 0.119 e. The summed E-state index contributed by atoms with van der Waals surface area (Å²) in [5.74, 6) is 0.958. The van der Waals surface area contributed by atoms with Crippen LogP contribution in [0.15, 0.2) is 24.3 Å². The molecular weight excluding hydrogens is 286 g/mol. The van der Waals surface area contributed by atoms with Gasteiger partial charge < -0.3 is 14.8 Å². The highest BCUT2D eigenvalue weighted by Crippen LogP contribution is 2.17. The number of nitrogens with one attached hydrogen (secondary N) is 1. The molecule has 1 aromatic rings. The van der Waals surface area contributed by atoms with Crippen LogP contribution >= 0.6 is 0 Å². The fourth-order valence-corrected chi connectivity index (χ4v) is 2.97. The van der Waals surface area contributed by atoms with E-state index in [0.29, 0.717) is 6.61 Å². The van der Waals surface area contributed by atoms with Crippen LogP contribution in [0.1, 0.15) is 63.9 Å². The van der Waals surface area contributed by atoms with E-state index in [0.717, 1.165) is 38.3 Å². The average molecular weight is 319 g/mol. The second kappa shape index (κ2) is 11.5. The molecule has 130 valence electrons. The zero-order valence-electron chi connectivity index (χ0n) is 14.7. The molecule has 3 nitrogen and oxygen atoms in total. The molecule has 23 heavy (non-hydrogen) atoms. The Morgan fingerprint density at radius 3 is 2.87 bits per heavy atom. The van der Waals surface area contributed by atoms with Crippen LogP contribution in [0.4, 0.5) is 0 Å². The third kappa shape index (κ3) is 7.85. The minimum Gasteiger partial charge on any atom is -0.491 e. The fraction of sp³-hybridized carbons (Fsp3) is 0.700. The molecule has 1 N–H and O–H groups in total. The highest BCUT2D eigenvalue weighted by molar-refractivity contribution is 5.28. The predicted octanol–water partition coefficient (Wildman–Crippen LogP) is 4.69. The van der Waals surface area contributed by atoms with Crippen LogP contribution in [0.5, 0.6) is 5.75 Å². The van der Waals surface area contributed by atoms with Crippen LogP contribution in [0.25, 0.3) is 0 Å². The van der Waals surface area contributed by atoms with Gasteiger partial charge >= 0.3 is 0 Å². The summed E-state index contributed by atoms with van der Waals surface area (Å²) < 4.78 is 11.5. The summed E-state index contributed by atoms with van der Waals surface area (Å²) in [5, 5.41) is 3.54. The number of benzene rings is 1. The van der Waals surface area contributed by atoms with Gasteiger partial charge in [-0.05, 0) is 43.5 Å². The zero-order valence-corrected chi connectivity index (χ0v) is 14.7. The van der Waals surface area contributed by atoms with Gasteiger partial charge in [0.2, 0.25) is 0 Å². The van der Waals surface area contributed by atoms with E-state index in [4.69, 9.17) is 9.47 Å². The predicted molar refractivity (Wildman–Crippen MR) is 96.0 cm³/mol. The van der Waals surface area contributed by atoms with E-state index in [2.05, 4.69) is 30.4 Å². The summed E-state index contributed by atoms with van der Waals surface area (Å²) in [6.45, 7) is 5.85. The Bertz CT molecular complexity index is 416. The van der Waals surface area contributed by atoms with Crippen LogP contribution in [-0.4, -0.2) is 25.9 Å². The molecule has 1 aliphatic rings. The van der Waals surface area contributed by atoms with Gasteiger partial charge in [0.25, 0.3) is 0 Å². The van der Waals surface area contributed by atoms with Crippen LogP contribution < -0.4 is 10.1 Å². The zero-order chi connectivity index (χ0) is 16.2. The van der Waals surface area contributed by atoms with Crippen LogP contribution in [0.3, 0.4) is 0 Å². The summed E-state index contributed by atoms with van der Waals surface area (Å²) in [5.41, 5.74) is 1.29. The SMILES string of the molecule is CCCCCCCCNCc1cccc(OCC2CCCO2)c1. The van der Waals surface area contributed by atoms with E-state index in [9.17, 15) is 0 Å². The minimum absolute atomic E-state index is 0.282. The molecule has 0 saturated carbocycles. The lowest BCUT2D eigenvalue weighted by atomic mass is 10.1. The Labute approximate surface area is 141 Å². The van der Waals surface area contributed by atoms with Gasteiger partial charge in [0.05, 0.1) is 6.10 Å². The van der Waals surface area contributed by atoms with Gasteiger partial charge in [-0.2, -0.15) is 0 Å².